The van der Waals surface area contributed by atoms with E-state index in [4.69, 9.17) is 14.5 Å². The molecule has 3 rings (SSSR count). The number of nitrogens with zero attached hydrogens (tertiary/aromatic N) is 2. The highest BCUT2D eigenvalue weighted by molar-refractivity contribution is 5.86. The van der Waals surface area contributed by atoms with Crippen LogP contribution in [0.3, 0.4) is 0 Å². The van der Waals surface area contributed by atoms with Gasteiger partial charge in [0.05, 0.1) is 27.3 Å². The molecule has 1 amide bonds. The predicted molar refractivity (Wildman–Crippen MR) is 110 cm³/mol. The van der Waals surface area contributed by atoms with Gasteiger partial charge >= 0.3 is 0 Å². The molecule has 2 aliphatic rings. The second-order valence-corrected chi connectivity index (χ2v) is 7.92. The highest BCUT2D eigenvalue weighted by atomic mass is 16.5. The summed E-state index contributed by atoms with van der Waals surface area (Å²) in [6.07, 6.45) is 5.16. The lowest BCUT2D eigenvalue weighted by molar-refractivity contribution is -0.127. The van der Waals surface area contributed by atoms with Crippen LogP contribution in [-0.2, 0) is 11.3 Å². The minimum Gasteiger partial charge on any atom is -0.493 e. The fraction of sp³-hybridized carbons (Fsp3) is 0.619. The second-order valence-electron chi connectivity index (χ2n) is 7.92. The molecular weight excluding hydrogens is 356 g/mol. The summed E-state index contributed by atoms with van der Waals surface area (Å²) in [4.78, 5) is 18.3. The number of aliphatic imine (C=N–C) groups is 1. The largest absolute Gasteiger partial charge is 0.493 e. The van der Waals surface area contributed by atoms with Crippen LogP contribution in [0, 0.1) is 11.8 Å². The Morgan fingerprint density at radius 3 is 2.57 bits per heavy atom. The fourth-order valence-electron chi connectivity index (χ4n) is 4.22. The van der Waals surface area contributed by atoms with E-state index in [2.05, 4.69) is 10.6 Å². The Balaban J connectivity index is 1.68. The van der Waals surface area contributed by atoms with Gasteiger partial charge in [0.25, 0.3) is 0 Å². The van der Waals surface area contributed by atoms with E-state index in [-0.39, 0.29) is 12.5 Å². The zero-order valence-corrected chi connectivity index (χ0v) is 17.3. The van der Waals surface area contributed by atoms with E-state index in [1.807, 2.05) is 18.2 Å². The third kappa shape index (κ3) is 4.88. The van der Waals surface area contributed by atoms with Crippen molar-refractivity contribution in [2.45, 2.75) is 38.3 Å². The van der Waals surface area contributed by atoms with Gasteiger partial charge < -0.3 is 25.0 Å². The number of nitrogens with one attached hydrogen (secondary N) is 2. The fourth-order valence-corrected chi connectivity index (χ4v) is 4.22. The van der Waals surface area contributed by atoms with Gasteiger partial charge in [0, 0.05) is 20.1 Å². The molecule has 1 aromatic rings. The van der Waals surface area contributed by atoms with E-state index in [1.165, 1.54) is 25.7 Å². The molecule has 0 saturated heterocycles. The molecule has 3 atom stereocenters. The third-order valence-corrected chi connectivity index (χ3v) is 5.83. The van der Waals surface area contributed by atoms with Crippen molar-refractivity contribution in [3.05, 3.63) is 23.8 Å². The van der Waals surface area contributed by atoms with Gasteiger partial charge in [-0.05, 0) is 48.8 Å². The zero-order chi connectivity index (χ0) is 20.1. The first-order valence-electron chi connectivity index (χ1n) is 9.96. The molecule has 0 radical (unpaired) electrons. The number of hydrogen-bond donors (Lipinski definition) is 2. The Labute approximate surface area is 167 Å². The molecule has 7 heteroatoms. The number of ether oxygens (including phenoxy) is 2. The van der Waals surface area contributed by atoms with Crippen LogP contribution in [-0.4, -0.2) is 57.7 Å². The maximum absolute atomic E-state index is 12.0. The number of rotatable bonds is 7. The van der Waals surface area contributed by atoms with Gasteiger partial charge in [0.2, 0.25) is 5.91 Å². The number of methoxy groups -OCH3 is 2. The molecule has 2 saturated carbocycles. The quantitative estimate of drug-likeness (QED) is 0.552. The van der Waals surface area contributed by atoms with Gasteiger partial charge in [-0.25, -0.2) is 4.99 Å². The molecule has 2 bridgehead atoms. The SMILES string of the molecule is COc1ccc(CN=C(NCC(=O)N(C)C)NC2CC3CCC2C3)cc1OC. The summed E-state index contributed by atoms with van der Waals surface area (Å²) in [6.45, 7) is 0.720. The average Bonchev–Trinajstić information content (AvgIpc) is 3.32. The van der Waals surface area contributed by atoms with Crippen LogP contribution in [0.2, 0.25) is 0 Å². The van der Waals surface area contributed by atoms with E-state index >= 15 is 0 Å². The van der Waals surface area contributed by atoms with E-state index in [9.17, 15) is 4.79 Å². The van der Waals surface area contributed by atoms with Gasteiger partial charge in [0.15, 0.2) is 17.5 Å². The van der Waals surface area contributed by atoms with Crippen molar-refractivity contribution in [1.82, 2.24) is 15.5 Å². The maximum atomic E-state index is 12.0. The summed E-state index contributed by atoms with van der Waals surface area (Å²) in [5.41, 5.74) is 1.02. The molecule has 2 N–H and O–H groups in total. The number of benzene rings is 1. The highest BCUT2D eigenvalue weighted by Gasteiger charge is 2.39. The Morgan fingerprint density at radius 1 is 1.18 bits per heavy atom. The van der Waals surface area contributed by atoms with E-state index in [0.29, 0.717) is 30.0 Å². The summed E-state index contributed by atoms with van der Waals surface area (Å²) in [7, 11) is 6.77. The summed E-state index contributed by atoms with van der Waals surface area (Å²) in [5.74, 6) is 3.68. The van der Waals surface area contributed by atoms with Crippen molar-refractivity contribution in [3.8, 4) is 11.5 Å². The van der Waals surface area contributed by atoms with Crippen LogP contribution < -0.4 is 20.1 Å². The molecule has 0 aliphatic heterocycles. The number of fused-ring (bicyclic) bond motifs is 2. The lowest BCUT2D eigenvalue weighted by Gasteiger charge is -2.25. The molecule has 0 heterocycles. The maximum Gasteiger partial charge on any atom is 0.241 e. The predicted octanol–water partition coefficient (Wildman–Crippen LogP) is 2.02. The summed E-state index contributed by atoms with van der Waals surface area (Å²) < 4.78 is 10.7. The number of amides is 1. The topological polar surface area (TPSA) is 75.2 Å². The molecule has 7 nitrogen and oxygen atoms in total. The standard InChI is InChI=1S/C21H32N4O3/c1-25(2)20(26)13-23-21(24-17-10-14-5-7-16(17)9-14)22-12-15-6-8-18(27-3)19(11-15)28-4/h6,8,11,14,16-17H,5,7,9-10,12-13H2,1-4H3,(H2,22,23,24). The van der Waals surface area contributed by atoms with Gasteiger partial charge in [-0.15, -0.1) is 0 Å². The first kappa shape index (κ1) is 20.3. The second kappa shape index (κ2) is 9.17. The zero-order valence-electron chi connectivity index (χ0n) is 17.3. The van der Waals surface area contributed by atoms with Crippen molar-refractivity contribution in [2.75, 3.05) is 34.9 Å². The number of guanidine groups is 1. The van der Waals surface area contributed by atoms with Crippen molar-refractivity contribution >= 4 is 11.9 Å². The van der Waals surface area contributed by atoms with Crippen LogP contribution in [0.1, 0.15) is 31.2 Å². The Bertz CT molecular complexity index is 720. The van der Waals surface area contributed by atoms with Crippen LogP contribution in [0.5, 0.6) is 11.5 Å². The van der Waals surface area contributed by atoms with Gasteiger partial charge in [-0.3, -0.25) is 4.79 Å². The van der Waals surface area contributed by atoms with Crippen LogP contribution in [0.25, 0.3) is 0 Å². The number of carbonyl (C=O) groups is 1. The average molecular weight is 389 g/mol. The first-order chi connectivity index (χ1) is 13.5. The Hall–Kier alpha value is -2.44. The Kier molecular flexibility index (Phi) is 6.65. The lowest BCUT2D eigenvalue weighted by Crippen LogP contribution is -2.48. The molecular formula is C21H32N4O3. The van der Waals surface area contributed by atoms with Crippen molar-refractivity contribution in [1.29, 1.82) is 0 Å². The molecule has 3 unspecified atom stereocenters. The molecule has 1 aromatic carbocycles. The minimum atomic E-state index is 0.0218. The number of likely N-dealkylation sites (N-methyl/N-ethyl adjacent to an activating group) is 1. The summed E-state index contributed by atoms with van der Waals surface area (Å²) in [6, 6.07) is 6.24. The van der Waals surface area contributed by atoms with Crippen molar-refractivity contribution < 1.29 is 14.3 Å². The molecule has 0 aromatic heterocycles. The number of carbonyl (C=O) groups excluding carboxylic acids is 1. The highest BCUT2D eigenvalue weighted by Crippen LogP contribution is 2.44. The van der Waals surface area contributed by atoms with Crippen molar-refractivity contribution in [2.24, 2.45) is 16.8 Å². The van der Waals surface area contributed by atoms with Gasteiger partial charge in [-0.2, -0.15) is 0 Å². The Morgan fingerprint density at radius 2 is 1.96 bits per heavy atom. The molecule has 0 spiro atoms. The molecule has 2 fully saturated rings. The minimum absolute atomic E-state index is 0.0218. The van der Waals surface area contributed by atoms with Gasteiger partial charge in [-0.1, -0.05) is 12.5 Å². The molecule has 154 valence electrons. The third-order valence-electron chi connectivity index (χ3n) is 5.83. The smallest absolute Gasteiger partial charge is 0.241 e. The van der Waals surface area contributed by atoms with Crippen LogP contribution in [0.4, 0.5) is 0 Å². The van der Waals surface area contributed by atoms with Crippen LogP contribution in [0.15, 0.2) is 23.2 Å². The van der Waals surface area contributed by atoms with E-state index < -0.39 is 0 Å². The van der Waals surface area contributed by atoms with E-state index in [1.54, 1.807) is 33.2 Å². The first-order valence-corrected chi connectivity index (χ1v) is 9.96. The number of hydrogen-bond acceptors (Lipinski definition) is 4. The molecule has 2 aliphatic carbocycles. The molecule has 28 heavy (non-hydrogen) atoms. The summed E-state index contributed by atoms with van der Waals surface area (Å²) in [5, 5.41) is 6.78. The lowest BCUT2D eigenvalue weighted by atomic mass is 9.95. The monoisotopic (exact) mass is 388 g/mol. The summed E-state index contributed by atoms with van der Waals surface area (Å²) >= 11 is 0. The van der Waals surface area contributed by atoms with E-state index in [0.717, 1.165) is 17.4 Å². The van der Waals surface area contributed by atoms with Crippen molar-refractivity contribution in [3.63, 3.8) is 0 Å². The van der Waals surface area contributed by atoms with Gasteiger partial charge in [0.1, 0.15) is 0 Å². The van der Waals surface area contributed by atoms with Crippen LogP contribution >= 0.6 is 0 Å². The normalized spacial score (nSPS) is 23.4.